The van der Waals surface area contributed by atoms with E-state index < -0.39 is 19.6 Å². The predicted octanol–water partition coefficient (Wildman–Crippen LogP) is 2.34. The molecule has 2 aromatic carbocycles. The first kappa shape index (κ1) is 15.2. The Balaban J connectivity index is 2.42. The zero-order chi connectivity index (χ0) is 14.4. The third-order valence-electron chi connectivity index (χ3n) is 3.44. The van der Waals surface area contributed by atoms with Gasteiger partial charge >= 0.3 is 123 Å². The number of rotatable bonds is 6. The zero-order valence-electron chi connectivity index (χ0n) is 11.8. The van der Waals surface area contributed by atoms with Crippen molar-refractivity contribution in [2.45, 2.75) is 31.1 Å². The van der Waals surface area contributed by atoms with Gasteiger partial charge in [-0.1, -0.05) is 0 Å². The van der Waals surface area contributed by atoms with E-state index in [1.54, 1.807) is 0 Å². The molecule has 2 aromatic rings. The molecule has 1 N–H and O–H groups in total. The van der Waals surface area contributed by atoms with Gasteiger partial charge in [-0.2, -0.15) is 0 Å². The molecule has 0 fully saturated rings. The minimum absolute atomic E-state index is 0.375. The maximum atomic E-state index is 13.6. The molecular weight excluding hydrogens is 311 g/mol. The van der Waals surface area contributed by atoms with Crippen molar-refractivity contribution in [2.75, 3.05) is 0 Å². The molecule has 20 heavy (non-hydrogen) atoms. The van der Waals surface area contributed by atoms with E-state index in [2.05, 4.69) is 0 Å². The second kappa shape index (κ2) is 6.97. The minimum atomic E-state index is -3.51. The first-order valence-corrected chi connectivity index (χ1v) is 11.0. The Hall–Kier alpha value is -1.24. The van der Waals surface area contributed by atoms with Crippen molar-refractivity contribution in [3.05, 3.63) is 60.7 Å². The summed E-state index contributed by atoms with van der Waals surface area (Å²) in [6, 6.07) is 19.2. The molecule has 0 aliphatic carbocycles. The Morgan fingerprint density at radius 3 is 1.80 bits per heavy atom. The summed E-state index contributed by atoms with van der Waals surface area (Å²) in [5.41, 5.74) is 0. The first-order valence-electron chi connectivity index (χ1n) is 7.05. The molecule has 0 heterocycles. The van der Waals surface area contributed by atoms with Crippen molar-refractivity contribution in [1.82, 2.24) is 0 Å². The maximum absolute atomic E-state index is 13.6. The molecule has 0 amide bonds. The van der Waals surface area contributed by atoms with Gasteiger partial charge in [-0.15, -0.1) is 0 Å². The van der Waals surface area contributed by atoms with Crippen LogP contribution in [0.25, 0.3) is 0 Å². The van der Waals surface area contributed by atoms with E-state index in [0.717, 1.165) is 15.1 Å². The molecule has 2 rings (SSSR count). The predicted molar refractivity (Wildman–Crippen MR) is 84.3 cm³/mol. The fraction of sp³-hybridized carbons (Fsp3) is 0.294. The van der Waals surface area contributed by atoms with E-state index in [9.17, 15) is 8.85 Å². The third kappa shape index (κ3) is 3.44. The molecule has 0 spiro atoms. The molecular formula is C17H21AsO2. The van der Waals surface area contributed by atoms with Crippen LogP contribution in [0.2, 0.25) is 5.21 Å². The van der Waals surface area contributed by atoms with Gasteiger partial charge in [-0.25, -0.2) is 0 Å². The van der Waals surface area contributed by atoms with Crippen LogP contribution in [-0.4, -0.2) is 24.7 Å². The average Bonchev–Trinajstić information content (AvgIpc) is 2.49. The Labute approximate surface area is 123 Å². The summed E-state index contributed by atoms with van der Waals surface area (Å²) in [5, 5.41) is 10.5. The van der Waals surface area contributed by atoms with Crippen LogP contribution in [0, 0.1) is 0 Å². The van der Waals surface area contributed by atoms with Gasteiger partial charge < -0.3 is 0 Å². The van der Waals surface area contributed by atoms with Gasteiger partial charge in [0.1, 0.15) is 0 Å². The summed E-state index contributed by atoms with van der Waals surface area (Å²) in [7, 11) is 0. The van der Waals surface area contributed by atoms with Crippen molar-refractivity contribution < 1.29 is 8.85 Å². The van der Waals surface area contributed by atoms with Gasteiger partial charge in [-0.3, -0.25) is 0 Å². The second-order valence-corrected chi connectivity index (χ2v) is 11.1. The summed E-state index contributed by atoms with van der Waals surface area (Å²) < 4.78 is 15.4. The molecule has 1 unspecified atom stereocenters. The number of hydrogen-bond donors (Lipinski definition) is 1. The van der Waals surface area contributed by atoms with Crippen molar-refractivity contribution in [3.63, 3.8) is 0 Å². The van der Waals surface area contributed by atoms with Crippen LogP contribution in [0.5, 0.6) is 0 Å². The van der Waals surface area contributed by atoms with Gasteiger partial charge in [0.2, 0.25) is 0 Å². The number of aliphatic hydroxyl groups excluding tert-OH is 1. The standard InChI is InChI=1S/C17H21AsO2/c1-2-9-17(19)14-18(20,15-10-5-3-6-11-15)16-12-7-4-8-13-16/h3-8,10-13,17,19H,2,9,14H2,1H3. The molecule has 0 radical (unpaired) electrons. The van der Waals surface area contributed by atoms with Gasteiger partial charge in [-0.05, 0) is 0 Å². The molecule has 3 heteroatoms. The van der Waals surface area contributed by atoms with Gasteiger partial charge in [0.15, 0.2) is 0 Å². The summed E-state index contributed by atoms with van der Waals surface area (Å²) >= 11 is -3.51. The Morgan fingerprint density at radius 2 is 1.40 bits per heavy atom. The summed E-state index contributed by atoms with van der Waals surface area (Å²) in [4.78, 5) is 0. The van der Waals surface area contributed by atoms with Crippen molar-refractivity contribution in [1.29, 1.82) is 0 Å². The van der Waals surface area contributed by atoms with Crippen LogP contribution in [0.15, 0.2) is 60.7 Å². The third-order valence-corrected chi connectivity index (χ3v) is 10.2. The topological polar surface area (TPSA) is 37.3 Å². The van der Waals surface area contributed by atoms with Crippen molar-refractivity contribution in [2.24, 2.45) is 0 Å². The fourth-order valence-electron chi connectivity index (χ4n) is 2.42. The molecule has 0 aliphatic heterocycles. The van der Waals surface area contributed by atoms with E-state index in [1.165, 1.54) is 0 Å². The van der Waals surface area contributed by atoms with Crippen LogP contribution in [0.4, 0.5) is 0 Å². The van der Waals surface area contributed by atoms with E-state index in [4.69, 9.17) is 0 Å². The molecule has 2 nitrogen and oxygen atoms in total. The first-order chi connectivity index (χ1) is 9.66. The monoisotopic (exact) mass is 332 g/mol. The second-order valence-electron chi connectivity index (χ2n) is 5.04. The van der Waals surface area contributed by atoms with Crippen LogP contribution < -0.4 is 8.70 Å². The Bertz CT molecular complexity index is 523. The van der Waals surface area contributed by atoms with Gasteiger partial charge in [0, 0.05) is 0 Å². The van der Waals surface area contributed by atoms with Crippen LogP contribution in [0.3, 0.4) is 0 Å². The van der Waals surface area contributed by atoms with Gasteiger partial charge in [0.05, 0.1) is 0 Å². The van der Waals surface area contributed by atoms with Crippen LogP contribution >= 0.6 is 0 Å². The molecule has 0 bridgehead atoms. The van der Waals surface area contributed by atoms with Gasteiger partial charge in [0.25, 0.3) is 0 Å². The SMILES string of the molecule is CCCC(O)C[As](=O)(c1ccccc1)c1ccccc1. The summed E-state index contributed by atoms with van der Waals surface area (Å²) in [6.45, 7) is 2.03. The molecule has 0 saturated carbocycles. The Kier molecular flexibility index (Phi) is 5.28. The van der Waals surface area contributed by atoms with E-state index in [1.807, 2.05) is 67.6 Å². The number of aliphatic hydroxyl groups is 1. The zero-order valence-corrected chi connectivity index (χ0v) is 13.7. The van der Waals surface area contributed by atoms with Crippen molar-refractivity contribution >= 4 is 22.2 Å². The molecule has 106 valence electrons. The molecule has 0 aliphatic rings. The van der Waals surface area contributed by atoms with E-state index in [-0.39, 0.29) is 0 Å². The molecule has 1 atom stereocenters. The van der Waals surface area contributed by atoms with Crippen LogP contribution in [-0.2, 0) is 3.74 Å². The molecule has 0 saturated heterocycles. The fourth-order valence-corrected chi connectivity index (χ4v) is 8.30. The Morgan fingerprint density at radius 1 is 0.950 bits per heavy atom. The number of hydrogen-bond acceptors (Lipinski definition) is 2. The summed E-state index contributed by atoms with van der Waals surface area (Å²) in [5.74, 6) is 0. The normalized spacial score (nSPS) is 13.1. The molecule has 0 aromatic heterocycles. The summed E-state index contributed by atoms with van der Waals surface area (Å²) in [6.07, 6.45) is 1.11. The van der Waals surface area contributed by atoms with Crippen molar-refractivity contribution in [3.8, 4) is 0 Å². The number of benzene rings is 2. The van der Waals surface area contributed by atoms with Crippen LogP contribution in [0.1, 0.15) is 19.8 Å². The average molecular weight is 332 g/mol. The van der Waals surface area contributed by atoms with E-state index >= 15 is 0 Å². The van der Waals surface area contributed by atoms with E-state index in [0.29, 0.717) is 11.6 Å². The quantitative estimate of drug-likeness (QED) is 0.825.